The predicted octanol–water partition coefficient (Wildman–Crippen LogP) is 1.14. The van der Waals surface area contributed by atoms with Gasteiger partial charge < -0.3 is 15.5 Å². The van der Waals surface area contributed by atoms with Crippen LogP contribution >= 0.6 is 0 Å². The summed E-state index contributed by atoms with van der Waals surface area (Å²) >= 11 is 0. The first-order valence-electron chi connectivity index (χ1n) is 5.31. The number of phenols is 1. The highest BCUT2D eigenvalue weighted by Crippen LogP contribution is 2.09. The molecule has 16 heavy (non-hydrogen) atoms. The van der Waals surface area contributed by atoms with E-state index in [-0.39, 0.29) is 24.2 Å². The first-order chi connectivity index (χ1) is 7.63. The monoisotopic (exact) mass is 223 g/mol. The lowest BCUT2D eigenvalue weighted by Gasteiger charge is -2.11. The van der Waals surface area contributed by atoms with Gasteiger partial charge in [0.05, 0.1) is 0 Å². The van der Waals surface area contributed by atoms with E-state index in [4.69, 9.17) is 10.2 Å². The van der Waals surface area contributed by atoms with Gasteiger partial charge in [0.1, 0.15) is 5.75 Å². The van der Waals surface area contributed by atoms with Crippen molar-refractivity contribution in [2.24, 2.45) is 5.92 Å². The van der Waals surface area contributed by atoms with Crippen molar-refractivity contribution in [3.05, 3.63) is 29.8 Å². The van der Waals surface area contributed by atoms with Crippen LogP contribution in [0, 0.1) is 5.92 Å². The highest BCUT2D eigenvalue weighted by molar-refractivity contribution is 5.94. The molecule has 0 bridgehead atoms. The molecule has 1 aromatic rings. The largest absolute Gasteiger partial charge is 0.508 e. The number of hydrogen-bond acceptors (Lipinski definition) is 3. The maximum atomic E-state index is 11.6. The van der Waals surface area contributed by atoms with E-state index in [9.17, 15) is 4.79 Å². The summed E-state index contributed by atoms with van der Waals surface area (Å²) in [4.78, 5) is 11.6. The van der Waals surface area contributed by atoms with Gasteiger partial charge in [-0.1, -0.05) is 6.92 Å². The molecule has 1 rings (SSSR count). The number of aromatic hydroxyl groups is 1. The van der Waals surface area contributed by atoms with Crippen molar-refractivity contribution in [3.8, 4) is 5.75 Å². The third kappa shape index (κ3) is 3.90. The van der Waals surface area contributed by atoms with Crippen molar-refractivity contribution in [2.75, 3.05) is 13.2 Å². The Hall–Kier alpha value is -1.55. The first-order valence-corrected chi connectivity index (χ1v) is 5.31. The predicted molar refractivity (Wildman–Crippen MR) is 61.3 cm³/mol. The van der Waals surface area contributed by atoms with Crippen molar-refractivity contribution < 1.29 is 15.0 Å². The molecule has 0 spiro atoms. The molecule has 4 nitrogen and oxygen atoms in total. The second kappa shape index (κ2) is 6.12. The van der Waals surface area contributed by atoms with Crippen LogP contribution in [0.15, 0.2) is 24.3 Å². The molecule has 0 radical (unpaired) electrons. The number of amides is 1. The van der Waals surface area contributed by atoms with Crippen LogP contribution in [0.2, 0.25) is 0 Å². The molecule has 0 aromatic heterocycles. The van der Waals surface area contributed by atoms with Crippen LogP contribution in [-0.2, 0) is 0 Å². The van der Waals surface area contributed by atoms with Crippen molar-refractivity contribution >= 4 is 5.91 Å². The van der Waals surface area contributed by atoms with Gasteiger partial charge in [0.2, 0.25) is 0 Å². The fourth-order valence-corrected chi connectivity index (χ4v) is 1.30. The molecule has 1 unspecified atom stereocenters. The highest BCUT2D eigenvalue weighted by Gasteiger charge is 2.07. The first kappa shape index (κ1) is 12.5. The van der Waals surface area contributed by atoms with Crippen molar-refractivity contribution in [1.82, 2.24) is 5.32 Å². The Morgan fingerprint density at radius 1 is 1.38 bits per heavy atom. The van der Waals surface area contributed by atoms with Gasteiger partial charge in [0.25, 0.3) is 5.91 Å². The van der Waals surface area contributed by atoms with Crippen LogP contribution in [0.4, 0.5) is 0 Å². The molecule has 0 aliphatic heterocycles. The van der Waals surface area contributed by atoms with Crippen molar-refractivity contribution in [2.45, 2.75) is 13.3 Å². The summed E-state index contributed by atoms with van der Waals surface area (Å²) in [5.74, 6) is 0.237. The van der Waals surface area contributed by atoms with Gasteiger partial charge in [-0.2, -0.15) is 0 Å². The molecule has 1 aromatic carbocycles. The summed E-state index contributed by atoms with van der Waals surface area (Å²) in [7, 11) is 0. The summed E-state index contributed by atoms with van der Waals surface area (Å²) in [5.41, 5.74) is 0.522. The molecule has 0 aliphatic rings. The van der Waals surface area contributed by atoms with Crippen molar-refractivity contribution in [3.63, 3.8) is 0 Å². The fourth-order valence-electron chi connectivity index (χ4n) is 1.30. The average molecular weight is 223 g/mol. The lowest BCUT2D eigenvalue weighted by atomic mass is 10.1. The zero-order chi connectivity index (χ0) is 12.0. The summed E-state index contributed by atoms with van der Waals surface area (Å²) in [5, 5.41) is 20.5. The molecule has 0 saturated heterocycles. The molecule has 1 atom stereocenters. The maximum Gasteiger partial charge on any atom is 0.251 e. The third-order valence-corrected chi connectivity index (χ3v) is 2.36. The molecule has 0 fully saturated rings. The number of aliphatic hydroxyl groups excluding tert-OH is 1. The summed E-state index contributed by atoms with van der Waals surface area (Å²) in [6.45, 7) is 2.64. The highest BCUT2D eigenvalue weighted by atomic mass is 16.3. The van der Waals surface area contributed by atoms with Crippen molar-refractivity contribution in [1.29, 1.82) is 0 Å². The van der Waals surface area contributed by atoms with Gasteiger partial charge in [-0.25, -0.2) is 0 Å². The zero-order valence-electron chi connectivity index (χ0n) is 9.31. The van der Waals surface area contributed by atoms with Crippen LogP contribution in [0.1, 0.15) is 23.7 Å². The maximum absolute atomic E-state index is 11.6. The number of hydrogen-bond donors (Lipinski definition) is 3. The van der Waals surface area contributed by atoms with Crippen LogP contribution in [0.3, 0.4) is 0 Å². The zero-order valence-corrected chi connectivity index (χ0v) is 9.31. The van der Waals surface area contributed by atoms with E-state index in [1.807, 2.05) is 6.92 Å². The lowest BCUT2D eigenvalue weighted by molar-refractivity contribution is 0.0945. The van der Waals surface area contributed by atoms with Gasteiger partial charge in [0, 0.05) is 18.7 Å². The lowest BCUT2D eigenvalue weighted by Crippen LogP contribution is -2.28. The van der Waals surface area contributed by atoms with Gasteiger partial charge in [0.15, 0.2) is 0 Å². The van der Waals surface area contributed by atoms with Gasteiger partial charge in [-0.05, 0) is 36.6 Å². The number of carbonyl (C=O) groups excluding carboxylic acids is 1. The Bertz CT molecular complexity index is 335. The average Bonchev–Trinajstić information content (AvgIpc) is 2.27. The molecule has 4 heteroatoms. The number of nitrogens with one attached hydrogen (secondary N) is 1. The molecule has 3 N–H and O–H groups in total. The standard InChI is InChI=1S/C12H17NO3/c1-9(6-7-14)8-13-12(16)10-2-4-11(15)5-3-10/h2-5,9,14-15H,6-8H2,1H3,(H,13,16). The number of rotatable bonds is 5. The number of phenolic OH excluding ortho intramolecular Hbond substituents is 1. The van der Waals surface area contributed by atoms with E-state index >= 15 is 0 Å². The Morgan fingerprint density at radius 2 is 2.00 bits per heavy atom. The Labute approximate surface area is 94.9 Å². The Kier molecular flexibility index (Phi) is 4.79. The quantitative estimate of drug-likeness (QED) is 0.701. The molecular formula is C12H17NO3. The number of carbonyl (C=O) groups is 1. The van der Waals surface area contributed by atoms with E-state index in [1.165, 1.54) is 12.1 Å². The van der Waals surface area contributed by atoms with Gasteiger partial charge in [-0.15, -0.1) is 0 Å². The van der Waals surface area contributed by atoms with Crippen LogP contribution in [0.25, 0.3) is 0 Å². The second-order valence-electron chi connectivity index (χ2n) is 3.87. The summed E-state index contributed by atoms with van der Waals surface area (Å²) < 4.78 is 0. The topological polar surface area (TPSA) is 69.6 Å². The molecule has 0 heterocycles. The number of benzene rings is 1. The molecule has 88 valence electrons. The minimum atomic E-state index is -0.162. The number of aliphatic hydroxyl groups is 1. The van der Waals surface area contributed by atoms with Crippen LogP contribution < -0.4 is 5.32 Å². The van der Waals surface area contributed by atoms with E-state index in [0.29, 0.717) is 18.5 Å². The third-order valence-electron chi connectivity index (χ3n) is 2.36. The van der Waals surface area contributed by atoms with Crippen LogP contribution in [-0.4, -0.2) is 29.3 Å². The Balaban J connectivity index is 2.43. The SMILES string of the molecule is CC(CCO)CNC(=O)c1ccc(O)cc1. The molecule has 1 amide bonds. The minimum Gasteiger partial charge on any atom is -0.508 e. The summed E-state index contributed by atoms with van der Waals surface area (Å²) in [6, 6.07) is 6.10. The van der Waals surface area contributed by atoms with E-state index in [2.05, 4.69) is 5.32 Å². The molecular weight excluding hydrogens is 206 g/mol. The van der Waals surface area contributed by atoms with Gasteiger partial charge in [-0.3, -0.25) is 4.79 Å². The van der Waals surface area contributed by atoms with E-state index in [1.54, 1.807) is 12.1 Å². The molecule has 0 saturated carbocycles. The second-order valence-corrected chi connectivity index (χ2v) is 3.87. The normalized spacial score (nSPS) is 12.1. The smallest absolute Gasteiger partial charge is 0.251 e. The Morgan fingerprint density at radius 3 is 2.56 bits per heavy atom. The van der Waals surface area contributed by atoms with E-state index < -0.39 is 0 Å². The molecule has 0 aliphatic carbocycles. The van der Waals surface area contributed by atoms with Crippen LogP contribution in [0.5, 0.6) is 5.75 Å². The minimum absolute atomic E-state index is 0.135. The van der Waals surface area contributed by atoms with Gasteiger partial charge >= 0.3 is 0 Å². The van der Waals surface area contributed by atoms with E-state index in [0.717, 1.165) is 0 Å². The summed E-state index contributed by atoms with van der Waals surface area (Å²) in [6.07, 6.45) is 0.676. The fraction of sp³-hybridized carbons (Fsp3) is 0.417.